The number of carboxylic acids is 3. The third kappa shape index (κ3) is 22.3. The molecule has 3 aromatic heterocycles. The van der Waals surface area contributed by atoms with Crippen molar-refractivity contribution in [2.45, 2.75) is 136 Å². The summed E-state index contributed by atoms with van der Waals surface area (Å²) in [5, 5.41) is 30.8. The average molecular weight is 849 g/mol. The van der Waals surface area contributed by atoms with E-state index in [0.717, 1.165) is 53.2 Å². The Kier molecular flexibility index (Phi) is 19.8. The number of nitrogens with one attached hydrogen (secondary N) is 1. The number of ketones is 1. The van der Waals surface area contributed by atoms with Gasteiger partial charge in [-0.15, -0.1) is 11.3 Å². The molecule has 0 unspecified atom stereocenters. The van der Waals surface area contributed by atoms with Gasteiger partial charge in [0.25, 0.3) is 0 Å². The second-order valence-corrected chi connectivity index (χ2v) is 20.8. The molecule has 0 spiro atoms. The number of carbonyl (C=O) groups is 5. The predicted octanol–water partition coefficient (Wildman–Crippen LogP) is 11.8. The number of carbonyl (C=O) groups excluding carboxylic acids is 2. The molecule has 1 aromatic carbocycles. The van der Waals surface area contributed by atoms with Crippen molar-refractivity contribution in [2.75, 3.05) is 5.32 Å². The van der Waals surface area contributed by atoms with Crippen LogP contribution in [0, 0.1) is 35.5 Å². The lowest BCUT2D eigenvalue weighted by atomic mass is 9.87. The highest BCUT2D eigenvalue weighted by Gasteiger charge is 2.20. The van der Waals surface area contributed by atoms with Crippen LogP contribution < -0.4 is 5.32 Å². The number of furan rings is 1. The summed E-state index contributed by atoms with van der Waals surface area (Å²) in [7, 11) is 0. The van der Waals surface area contributed by atoms with Crippen LogP contribution in [0.25, 0.3) is 0 Å². The number of amides is 1. The van der Waals surface area contributed by atoms with Gasteiger partial charge in [0.05, 0.1) is 23.4 Å². The lowest BCUT2D eigenvalue weighted by Crippen LogP contribution is -2.20. The number of rotatable bonds is 10. The van der Waals surface area contributed by atoms with Crippen LogP contribution in [0.1, 0.15) is 161 Å². The third-order valence-electron chi connectivity index (χ3n) is 8.11. The average Bonchev–Trinajstić information content (AvgIpc) is 3.71. The zero-order valence-electron chi connectivity index (χ0n) is 38.4. The first kappa shape index (κ1) is 52.9. The van der Waals surface area contributed by atoms with E-state index in [4.69, 9.17) is 19.7 Å². The van der Waals surface area contributed by atoms with Crippen LogP contribution in [0.4, 0.5) is 5.69 Å². The summed E-state index contributed by atoms with van der Waals surface area (Å²) in [6, 6.07) is 14.8. The molecule has 11 nitrogen and oxygen atoms in total. The normalized spacial score (nSPS) is 11.4. The zero-order chi connectivity index (χ0) is 46.4. The SMILES string of the molecule is CC(=O)c1ccc(CC(C)(C)C)o1.CC(C)(C)CC(=O)Nc1ccsc1C(=O)O.CC(C)(C)Cc1ccc(CC(=O)O)cc1.Cc1nc(C)c(C(=O)O)cc1CC(C)(C)C. The van der Waals surface area contributed by atoms with E-state index >= 15 is 0 Å². The number of hydrogen-bond donors (Lipinski definition) is 4. The molecule has 12 heteroatoms. The van der Waals surface area contributed by atoms with E-state index < -0.39 is 17.9 Å². The van der Waals surface area contributed by atoms with Crippen LogP contribution in [-0.2, 0) is 35.3 Å². The van der Waals surface area contributed by atoms with Crippen molar-refractivity contribution in [1.29, 1.82) is 0 Å². The fourth-order valence-electron chi connectivity index (χ4n) is 5.73. The molecule has 0 fully saturated rings. The van der Waals surface area contributed by atoms with Crippen molar-refractivity contribution in [3.63, 3.8) is 0 Å². The van der Waals surface area contributed by atoms with Gasteiger partial charge >= 0.3 is 17.9 Å². The van der Waals surface area contributed by atoms with Gasteiger partial charge in [0.1, 0.15) is 10.6 Å². The maximum absolute atomic E-state index is 11.6. The number of pyridine rings is 1. The van der Waals surface area contributed by atoms with Gasteiger partial charge in [0.15, 0.2) is 11.5 Å². The van der Waals surface area contributed by atoms with Crippen LogP contribution in [0.5, 0.6) is 0 Å². The first-order valence-corrected chi connectivity index (χ1v) is 20.8. The van der Waals surface area contributed by atoms with Gasteiger partial charge in [-0.2, -0.15) is 0 Å². The molecular weight excluding hydrogens is 781 g/mol. The van der Waals surface area contributed by atoms with Gasteiger partial charge in [-0.1, -0.05) is 107 Å². The summed E-state index contributed by atoms with van der Waals surface area (Å²) >= 11 is 1.10. The molecule has 0 saturated heterocycles. The molecule has 330 valence electrons. The Balaban J connectivity index is 0.000000401. The van der Waals surface area contributed by atoms with Gasteiger partial charge < -0.3 is 25.1 Å². The van der Waals surface area contributed by atoms with Crippen molar-refractivity contribution in [2.24, 2.45) is 21.7 Å². The number of thiophene rings is 1. The Morgan fingerprint density at radius 2 is 1.20 bits per heavy atom. The van der Waals surface area contributed by atoms with E-state index in [1.54, 1.807) is 30.5 Å². The van der Waals surface area contributed by atoms with E-state index in [0.29, 0.717) is 29.1 Å². The highest BCUT2D eigenvalue weighted by atomic mass is 32.1. The van der Waals surface area contributed by atoms with Crippen LogP contribution in [-0.4, -0.2) is 49.9 Å². The summed E-state index contributed by atoms with van der Waals surface area (Å²) < 4.78 is 5.37. The Hall–Kier alpha value is -5.10. The monoisotopic (exact) mass is 848 g/mol. The molecule has 0 aliphatic carbocycles. The molecule has 4 rings (SSSR count). The molecule has 0 aliphatic heterocycles. The lowest BCUT2D eigenvalue weighted by molar-refractivity contribution is -0.136. The first-order chi connectivity index (χ1) is 27.2. The summed E-state index contributed by atoms with van der Waals surface area (Å²) in [4.78, 5) is 59.3. The molecule has 60 heavy (non-hydrogen) atoms. The Morgan fingerprint density at radius 3 is 1.63 bits per heavy atom. The van der Waals surface area contributed by atoms with Crippen molar-refractivity contribution in [1.82, 2.24) is 4.98 Å². The van der Waals surface area contributed by atoms with Gasteiger partial charge in [-0.25, -0.2) is 9.59 Å². The molecule has 0 atom stereocenters. The number of carboxylic acid groups (broad SMARTS) is 3. The smallest absolute Gasteiger partial charge is 0.348 e. The Morgan fingerprint density at radius 1 is 0.667 bits per heavy atom. The third-order valence-corrected chi connectivity index (χ3v) is 9.01. The van der Waals surface area contributed by atoms with Crippen LogP contribution in [0.3, 0.4) is 0 Å². The van der Waals surface area contributed by atoms with E-state index in [1.165, 1.54) is 12.5 Å². The van der Waals surface area contributed by atoms with Gasteiger partial charge in [0.2, 0.25) is 5.91 Å². The number of aromatic nitrogens is 1. The van der Waals surface area contributed by atoms with Crippen molar-refractivity contribution >= 4 is 46.6 Å². The fourth-order valence-corrected chi connectivity index (χ4v) is 6.42. The second-order valence-electron chi connectivity index (χ2n) is 19.8. The zero-order valence-corrected chi connectivity index (χ0v) is 39.2. The minimum atomic E-state index is -1.01. The van der Waals surface area contributed by atoms with Crippen LogP contribution >= 0.6 is 11.3 Å². The fraction of sp³-hybridized carbons (Fsp3) is 0.500. The van der Waals surface area contributed by atoms with E-state index in [1.807, 2.05) is 58.0 Å². The second kappa shape index (κ2) is 22.5. The van der Waals surface area contributed by atoms with E-state index in [2.05, 4.69) is 72.6 Å². The highest BCUT2D eigenvalue weighted by molar-refractivity contribution is 7.12. The number of aliphatic carboxylic acids is 1. The molecule has 0 bridgehead atoms. The maximum atomic E-state index is 11.6. The van der Waals surface area contributed by atoms with Gasteiger partial charge in [0, 0.05) is 25.5 Å². The van der Waals surface area contributed by atoms with Crippen LogP contribution in [0.15, 0.2) is 58.3 Å². The number of hydrogen-bond acceptors (Lipinski definition) is 8. The molecule has 0 radical (unpaired) electrons. The van der Waals surface area contributed by atoms with E-state index in [9.17, 15) is 24.0 Å². The number of anilines is 1. The molecule has 0 saturated carbocycles. The Labute approximate surface area is 361 Å². The summed E-state index contributed by atoms with van der Waals surface area (Å²) in [5.41, 5.74) is 5.85. The van der Waals surface area contributed by atoms with Crippen molar-refractivity contribution in [3.8, 4) is 0 Å². The van der Waals surface area contributed by atoms with Crippen LogP contribution in [0.2, 0.25) is 0 Å². The molecular formula is C48H68N2O9S. The number of aromatic carboxylic acids is 2. The minimum Gasteiger partial charge on any atom is -0.481 e. The lowest BCUT2D eigenvalue weighted by Gasteiger charge is -2.20. The quantitative estimate of drug-likeness (QED) is 0.112. The van der Waals surface area contributed by atoms with Gasteiger partial charge in [-0.05, 0) is 94.7 Å². The highest BCUT2D eigenvalue weighted by Crippen LogP contribution is 2.26. The summed E-state index contributed by atoms with van der Waals surface area (Å²) in [5.74, 6) is -1.52. The van der Waals surface area contributed by atoms with E-state index in [-0.39, 0.29) is 44.6 Å². The Bertz CT molecular complexity index is 2050. The van der Waals surface area contributed by atoms with Crippen molar-refractivity contribution in [3.05, 3.63) is 104 Å². The maximum Gasteiger partial charge on any atom is 0.348 e. The molecule has 1 amide bonds. The summed E-state index contributed by atoms with van der Waals surface area (Å²) in [6.45, 7) is 30.4. The first-order valence-electron chi connectivity index (χ1n) is 20.0. The largest absolute Gasteiger partial charge is 0.481 e. The molecule has 0 aliphatic rings. The minimum absolute atomic E-state index is 0.0137. The van der Waals surface area contributed by atoms with Crippen molar-refractivity contribution < 1.29 is 43.7 Å². The van der Waals surface area contributed by atoms with Gasteiger partial charge in [-0.3, -0.25) is 19.4 Å². The summed E-state index contributed by atoms with van der Waals surface area (Å²) in [6.07, 6.45) is 3.19. The number of benzene rings is 1. The predicted molar refractivity (Wildman–Crippen MR) is 241 cm³/mol. The number of aryl methyl sites for hydroxylation is 2. The molecule has 4 N–H and O–H groups in total. The number of nitrogens with zero attached hydrogens (tertiary/aromatic N) is 1. The molecule has 4 aromatic rings. The standard InChI is InChI=1S/C13H19NO2.C13H18O2.C11H15NO3S.C11H16O2/c1-8-10(7-13(3,4)5)6-11(12(15)16)9(2)14-8;1-13(2,3)9-11-6-4-10(5-7-11)8-12(14)15;1-11(2,3)6-8(13)12-7-4-5-16-9(7)10(14)15;1-8(12)10-6-5-9(13-10)7-11(2,3)4/h6H,7H2,1-5H3,(H,15,16);4-7H,8-9H2,1-3H3,(H,14,15);4-5H,6H2,1-3H3,(H,12,13)(H,14,15);5-6H,7H2,1-4H3. The topological polar surface area (TPSA) is 184 Å². The molecule has 3 heterocycles. The number of Topliss-reactive ketones (excluding diaryl/α,β-unsaturated/α-hetero) is 1.